The first-order valence-corrected chi connectivity index (χ1v) is 12.0. The van der Waals surface area contributed by atoms with Crippen LogP contribution in [0, 0.1) is 0 Å². The van der Waals surface area contributed by atoms with Crippen molar-refractivity contribution in [3.05, 3.63) is 75.7 Å². The molecular formula is C22H20F3N3O3S2. The summed E-state index contributed by atoms with van der Waals surface area (Å²) in [4.78, 5) is 17.1. The molecule has 0 saturated carbocycles. The third kappa shape index (κ3) is 6.42. The zero-order valence-corrected chi connectivity index (χ0v) is 19.2. The van der Waals surface area contributed by atoms with Crippen molar-refractivity contribution < 1.29 is 26.4 Å². The van der Waals surface area contributed by atoms with Crippen molar-refractivity contribution in [2.75, 3.05) is 10.0 Å². The summed E-state index contributed by atoms with van der Waals surface area (Å²) in [5.74, 6) is -0.269. The Hall–Kier alpha value is -3.18. The van der Waals surface area contributed by atoms with Gasteiger partial charge in [0.05, 0.1) is 5.69 Å². The van der Waals surface area contributed by atoms with E-state index in [9.17, 15) is 26.4 Å². The molecule has 1 heterocycles. The number of anilines is 2. The summed E-state index contributed by atoms with van der Waals surface area (Å²) >= 11 is 1.53. The topological polar surface area (TPSA) is 88.2 Å². The van der Waals surface area contributed by atoms with Crippen molar-refractivity contribution in [1.82, 2.24) is 4.98 Å². The molecule has 3 rings (SSSR count). The molecule has 33 heavy (non-hydrogen) atoms. The Morgan fingerprint density at radius 2 is 1.76 bits per heavy atom. The summed E-state index contributed by atoms with van der Waals surface area (Å²) in [6, 6.07) is 11.8. The van der Waals surface area contributed by atoms with Crippen molar-refractivity contribution in [2.24, 2.45) is 0 Å². The first-order chi connectivity index (χ1) is 15.4. The number of thiazole rings is 1. The normalized spacial score (nSPS) is 12.3. The van der Waals surface area contributed by atoms with Crippen LogP contribution in [0.15, 0.2) is 53.9 Å². The molecule has 1 aromatic heterocycles. The van der Waals surface area contributed by atoms with Crippen LogP contribution in [0.25, 0.3) is 12.2 Å². The maximum atomic E-state index is 12.6. The molecular weight excluding hydrogens is 475 g/mol. The van der Waals surface area contributed by atoms with Gasteiger partial charge in [-0.25, -0.2) is 4.98 Å². The number of hydrogen-bond acceptors (Lipinski definition) is 5. The molecule has 0 fully saturated rings. The minimum atomic E-state index is -5.58. The van der Waals surface area contributed by atoms with E-state index in [0.717, 1.165) is 28.4 Å². The van der Waals surface area contributed by atoms with E-state index in [4.69, 9.17) is 0 Å². The van der Waals surface area contributed by atoms with Gasteiger partial charge in [0.2, 0.25) is 0 Å². The lowest BCUT2D eigenvalue weighted by molar-refractivity contribution is -0.0429. The molecule has 6 nitrogen and oxygen atoms in total. The van der Waals surface area contributed by atoms with Gasteiger partial charge in [-0.2, -0.15) is 21.6 Å². The Morgan fingerprint density at radius 3 is 2.42 bits per heavy atom. The van der Waals surface area contributed by atoms with Crippen molar-refractivity contribution in [3.63, 3.8) is 0 Å². The van der Waals surface area contributed by atoms with Gasteiger partial charge in [0, 0.05) is 22.3 Å². The Bertz CT molecular complexity index is 1280. The fraction of sp³-hybridized carbons (Fsp3) is 0.182. The maximum Gasteiger partial charge on any atom is 0.516 e. The summed E-state index contributed by atoms with van der Waals surface area (Å²) in [7, 11) is -5.58. The number of hydrogen-bond donors (Lipinski definition) is 2. The van der Waals surface area contributed by atoms with Crippen LogP contribution in [-0.4, -0.2) is 24.8 Å². The van der Waals surface area contributed by atoms with Crippen LogP contribution in [0.4, 0.5) is 24.5 Å². The van der Waals surface area contributed by atoms with Gasteiger partial charge < -0.3 is 5.32 Å². The number of benzene rings is 2. The lowest BCUT2D eigenvalue weighted by atomic mass is 10.1. The van der Waals surface area contributed by atoms with Crippen LogP contribution < -0.4 is 10.0 Å². The molecule has 2 N–H and O–H groups in total. The van der Waals surface area contributed by atoms with Gasteiger partial charge in [-0.1, -0.05) is 38.1 Å². The molecule has 0 aliphatic carbocycles. The van der Waals surface area contributed by atoms with Gasteiger partial charge >= 0.3 is 15.5 Å². The number of sulfonamides is 1. The third-order valence-electron chi connectivity index (χ3n) is 4.38. The smallest absolute Gasteiger partial charge is 0.322 e. The number of rotatable bonds is 7. The van der Waals surface area contributed by atoms with Crippen LogP contribution in [0.2, 0.25) is 0 Å². The molecule has 0 aliphatic heterocycles. The third-order valence-corrected chi connectivity index (χ3v) is 6.32. The molecule has 11 heteroatoms. The molecule has 0 radical (unpaired) electrons. The molecule has 174 valence electrons. The predicted octanol–water partition coefficient (Wildman–Crippen LogP) is 5.95. The zero-order chi connectivity index (χ0) is 24.2. The van der Waals surface area contributed by atoms with Gasteiger partial charge in [0.15, 0.2) is 0 Å². The lowest BCUT2D eigenvalue weighted by Crippen LogP contribution is -2.30. The number of aromatic nitrogens is 1. The SMILES string of the molecule is CC(C)c1csc(C=Cc2cccc(NC(=O)c3cccc(NS(=O)(=O)C(F)(F)F)c3)c2)n1. The number of amides is 1. The average Bonchev–Trinajstić information content (AvgIpc) is 3.21. The minimum absolute atomic E-state index is 0.0117. The summed E-state index contributed by atoms with van der Waals surface area (Å²) in [6.45, 7) is 4.13. The number of halogens is 3. The second kappa shape index (κ2) is 9.75. The van der Waals surface area contributed by atoms with Crippen molar-refractivity contribution in [3.8, 4) is 0 Å². The van der Waals surface area contributed by atoms with Gasteiger partial charge in [-0.05, 0) is 47.9 Å². The van der Waals surface area contributed by atoms with Gasteiger partial charge in [0.1, 0.15) is 5.01 Å². The summed E-state index contributed by atoms with van der Waals surface area (Å²) in [6.07, 6.45) is 3.72. The Labute approximate surface area is 193 Å². The standard InChI is InChI=1S/C22H20F3N3O3S2/c1-14(2)19-13-32-20(27-19)10-9-15-5-3-7-17(11-15)26-21(29)16-6-4-8-18(12-16)28-33(30,31)22(23,24)25/h3-14,28H,1-2H3,(H,26,29). The Balaban J connectivity index is 1.71. The molecule has 0 unspecified atom stereocenters. The maximum absolute atomic E-state index is 12.6. The van der Waals surface area contributed by atoms with Crippen molar-refractivity contribution in [1.29, 1.82) is 0 Å². The highest BCUT2D eigenvalue weighted by Gasteiger charge is 2.46. The first-order valence-electron chi connectivity index (χ1n) is 9.69. The number of nitrogens with zero attached hydrogens (tertiary/aromatic N) is 1. The largest absolute Gasteiger partial charge is 0.516 e. The van der Waals surface area contributed by atoms with Gasteiger partial charge in [0.25, 0.3) is 5.91 Å². The van der Waals surface area contributed by atoms with E-state index >= 15 is 0 Å². The molecule has 3 aromatic rings. The van der Waals surface area contributed by atoms with Gasteiger partial charge in [-0.3, -0.25) is 9.52 Å². The van der Waals surface area contributed by atoms with E-state index < -0.39 is 21.4 Å². The lowest BCUT2D eigenvalue weighted by Gasteiger charge is -2.11. The Kier molecular flexibility index (Phi) is 7.23. The Morgan fingerprint density at radius 1 is 1.06 bits per heavy atom. The molecule has 1 amide bonds. The van der Waals surface area contributed by atoms with Crippen molar-refractivity contribution in [2.45, 2.75) is 25.3 Å². The quantitative estimate of drug-likeness (QED) is 0.424. The highest BCUT2D eigenvalue weighted by Crippen LogP contribution is 2.26. The van der Waals surface area contributed by atoms with E-state index in [0.29, 0.717) is 11.6 Å². The average molecular weight is 496 g/mol. The highest BCUT2D eigenvalue weighted by atomic mass is 32.2. The molecule has 0 atom stereocenters. The van der Waals surface area contributed by atoms with Crippen LogP contribution in [0.5, 0.6) is 0 Å². The number of carbonyl (C=O) groups excluding carboxylic acids is 1. The van der Waals surface area contributed by atoms with Crippen molar-refractivity contribution >= 4 is 50.8 Å². The second-order valence-electron chi connectivity index (χ2n) is 7.31. The van der Waals surface area contributed by atoms with Crippen LogP contribution in [-0.2, 0) is 10.0 Å². The molecule has 2 aromatic carbocycles. The van der Waals surface area contributed by atoms with E-state index in [2.05, 4.69) is 24.1 Å². The van der Waals surface area contributed by atoms with Crippen LogP contribution >= 0.6 is 11.3 Å². The number of alkyl halides is 3. The molecule has 0 saturated heterocycles. The molecule has 0 bridgehead atoms. The monoisotopic (exact) mass is 495 g/mol. The molecule has 0 aliphatic rings. The predicted molar refractivity (Wildman–Crippen MR) is 125 cm³/mol. The van der Waals surface area contributed by atoms with Crippen LogP contribution in [0.3, 0.4) is 0 Å². The fourth-order valence-corrected chi connectivity index (χ4v) is 4.09. The summed E-state index contributed by atoms with van der Waals surface area (Å²) in [5, 5.41) is 5.51. The fourth-order valence-electron chi connectivity index (χ4n) is 2.67. The summed E-state index contributed by atoms with van der Waals surface area (Å²) in [5.41, 5.74) is -3.57. The van der Waals surface area contributed by atoms with Gasteiger partial charge in [-0.15, -0.1) is 11.3 Å². The second-order valence-corrected chi connectivity index (χ2v) is 9.87. The number of nitrogens with one attached hydrogen (secondary N) is 2. The van der Waals surface area contributed by atoms with Crippen LogP contribution in [0.1, 0.15) is 46.4 Å². The summed E-state index contributed by atoms with van der Waals surface area (Å²) < 4.78 is 61.7. The number of carbonyl (C=O) groups is 1. The first kappa shape index (κ1) is 24.5. The van der Waals surface area contributed by atoms with E-state index in [-0.39, 0.29) is 11.3 Å². The van der Waals surface area contributed by atoms with E-state index in [1.165, 1.54) is 28.2 Å². The zero-order valence-electron chi connectivity index (χ0n) is 17.6. The highest BCUT2D eigenvalue weighted by molar-refractivity contribution is 7.93. The van der Waals surface area contributed by atoms with E-state index in [1.54, 1.807) is 18.2 Å². The minimum Gasteiger partial charge on any atom is -0.322 e. The van der Waals surface area contributed by atoms with E-state index in [1.807, 2.05) is 23.6 Å². The molecule has 0 spiro atoms.